The summed E-state index contributed by atoms with van der Waals surface area (Å²) >= 11 is 3.78. The van der Waals surface area contributed by atoms with Crippen molar-refractivity contribution in [2.24, 2.45) is 5.73 Å². The molecule has 0 saturated carbocycles. The van der Waals surface area contributed by atoms with E-state index in [1.165, 1.54) is 41.7 Å². The van der Waals surface area contributed by atoms with Gasteiger partial charge in [-0.25, -0.2) is 0 Å². The molecule has 0 aliphatic carbocycles. The first-order valence-corrected chi connectivity index (χ1v) is 8.88. The number of anilines is 1. The van der Waals surface area contributed by atoms with Crippen molar-refractivity contribution >= 4 is 21.6 Å². The van der Waals surface area contributed by atoms with Gasteiger partial charge in [-0.05, 0) is 73.3 Å². The zero-order valence-electron chi connectivity index (χ0n) is 13.1. The number of benzene rings is 1. The molecule has 21 heavy (non-hydrogen) atoms. The van der Waals surface area contributed by atoms with Gasteiger partial charge in [0.05, 0.1) is 5.69 Å². The summed E-state index contributed by atoms with van der Waals surface area (Å²) in [4.78, 5) is 5.24. The number of nitrogens with zero attached hydrogens (tertiary/aromatic N) is 2. The van der Waals surface area contributed by atoms with Crippen molar-refractivity contribution < 1.29 is 0 Å². The standard InChI is InChI=1S/C17H26BrN3/c1-12(19)8-14-5-6-17(16(18)9-14)21-11-15-4-3-7-20(15)10-13(21)2/h5-6,9,12-13,15H,3-4,7-8,10-11,19H2,1-2H3. The summed E-state index contributed by atoms with van der Waals surface area (Å²) in [5.41, 5.74) is 8.55. The highest BCUT2D eigenvalue weighted by Gasteiger charge is 2.34. The first-order chi connectivity index (χ1) is 10.0. The Bertz CT molecular complexity index is 503. The number of nitrogens with two attached hydrogens (primary N) is 1. The van der Waals surface area contributed by atoms with Crippen LogP contribution in [-0.4, -0.2) is 42.7 Å². The van der Waals surface area contributed by atoms with E-state index < -0.39 is 0 Å². The van der Waals surface area contributed by atoms with Crippen LogP contribution in [0.3, 0.4) is 0 Å². The Labute approximate surface area is 136 Å². The normalized spacial score (nSPS) is 27.7. The Kier molecular flexibility index (Phi) is 4.57. The van der Waals surface area contributed by atoms with Crippen molar-refractivity contribution in [1.82, 2.24) is 4.90 Å². The Morgan fingerprint density at radius 2 is 2.19 bits per heavy atom. The van der Waals surface area contributed by atoms with Gasteiger partial charge in [0, 0.05) is 35.7 Å². The molecule has 2 N–H and O–H groups in total. The van der Waals surface area contributed by atoms with Crippen molar-refractivity contribution in [2.45, 2.75) is 51.2 Å². The van der Waals surface area contributed by atoms with E-state index in [2.05, 4.69) is 57.8 Å². The molecule has 0 aromatic heterocycles. The fourth-order valence-electron chi connectivity index (χ4n) is 3.81. The molecule has 0 spiro atoms. The van der Waals surface area contributed by atoms with E-state index in [-0.39, 0.29) is 6.04 Å². The van der Waals surface area contributed by atoms with Crippen LogP contribution in [-0.2, 0) is 6.42 Å². The van der Waals surface area contributed by atoms with Gasteiger partial charge in [-0.1, -0.05) is 6.07 Å². The van der Waals surface area contributed by atoms with E-state index in [0.29, 0.717) is 6.04 Å². The molecule has 1 aromatic rings. The first kappa shape index (κ1) is 15.3. The zero-order chi connectivity index (χ0) is 15.0. The van der Waals surface area contributed by atoms with Gasteiger partial charge in [0.15, 0.2) is 0 Å². The molecule has 0 bridgehead atoms. The van der Waals surface area contributed by atoms with Crippen molar-refractivity contribution in [1.29, 1.82) is 0 Å². The number of halogens is 1. The number of fused-ring (bicyclic) bond motifs is 1. The average molecular weight is 352 g/mol. The van der Waals surface area contributed by atoms with E-state index in [0.717, 1.165) is 19.0 Å². The van der Waals surface area contributed by atoms with Gasteiger partial charge in [-0.3, -0.25) is 4.90 Å². The van der Waals surface area contributed by atoms with Crippen molar-refractivity contribution in [2.75, 3.05) is 24.5 Å². The molecule has 0 amide bonds. The van der Waals surface area contributed by atoms with Crippen LogP contribution in [0.1, 0.15) is 32.3 Å². The molecule has 0 radical (unpaired) electrons. The fourth-order valence-corrected chi connectivity index (χ4v) is 4.46. The third-order valence-electron chi connectivity index (χ3n) is 4.82. The Balaban J connectivity index is 1.79. The number of hydrogen-bond acceptors (Lipinski definition) is 3. The predicted octanol–water partition coefficient (Wildman–Crippen LogP) is 3.01. The molecule has 116 valence electrons. The quantitative estimate of drug-likeness (QED) is 0.908. The van der Waals surface area contributed by atoms with Gasteiger partial charge in [0.25, 0.3) is 0 Å². The lowest BCUT2D eigenvalue weighted by molar-refractivity contribution is 0.203. The largest absolute Gasteiger partial charge is 0.365 e. The van der Waals surface area contributed by atoms with E-state index in [1.807, 2.05) is 0 Å². The van der Waals surface area contributed by atoms with Crippen LogP contribution in [0.2, 0.25) is 0 Å². The topological polar surface area (TPSA) is 32.5 Å². The van der Waals surface area contributed by atoms with E-state index in [4.69, 9.17) is 5.73 Å². The van der Waals surface area contributed by atoms with Gasteiger partial charge in [-0.15, -0.1) is 0 Å². The van der Waals surface area contributed by atoms with Crippen LogP contribution in [0.5, 0.6) is 0 Å². The van der Waals surface area contributed by atoms with Gasteiger partial charge >= 0.3 is 0 Å². The van der Waals surface area contributed by atoms with E-state index in [1.54, 1.807) is 0 Å². The minimum atomic E-state index is 0.212. The Morgan fingerprint density at radius 1 is 1.38 bits per heavy atom. The fraction of sp³-hybridized carbons (Fsp3) is 0.647. The molecule has 2 saturated heterocycles. The molecular formula is C17H26BrN3. The van der Waals surface area contributed by atoms with Crippen molar-refractivity contribution in [3.05, 3.63) is 28.2 Å². The lowest BCUT2D eigenvalue weighted by Gasteiger charge is -2.44. The maximum absolute atomic E-state index is 5.90. The van der Waals surface area contributed by atoms with Crippen LogP contribution in [0.4, 0.5) is 5.69 Å². The second-order valence-electron chi connectivity index (χ2n) is 6.76. The Hall–Kier alpha value is -0.580. The van der Waals surface area contributed by atoms with Crippen LogP contribution >= 0.6 is 15.9 Å². The number of hydrogen-bond donors (Lipinski definition) is 1. The van der Waals surface area contributed by atoms with Crippen LogP contribution < -0.4 is 10.6 Å². The molecule has 3 nitrogen and oxygen atoms in total. The molecule has 2 fully saturated rings. The Morgan fingerprint density at radius 3 is 2.90 bits per heavy atom. The lowest BCUT2D eigenvalue weighted by Crippen LogP contribution is -2.55. The summed E-state index contributed by atoms with van der Waals surface area (Å²) in [6, 6.07) is 8.28. The van der Waals surface area contributed by atoms with Gasteiger partial charge in [0.1, 0.15) is 0 Å². The predicted molar refractivity (Wildman–Crippen MR) is 92.9 cm³/mol. The molecular weight excluding hydrogens is 326 g/mol. The van der Waals surface area contributed by atoms with Crippen molar-refractivity contribution in [3.8, 4) is 0 Å². The smallest absolute Gasteiger partial charge is 0.0514 e. The maximum Gasteiger partial charge on any atom is 0.0514 e. The molecule has 1 aromatic carbocycles. The summed E-state index contributed by atoms with van der Waals surface area (Å²) < 4.78 is 1.21. The molecule has 3 atom stereocenters. The third-order valence-corrected chi connectivity index (χ3v) is 5.45. The minimum Gasteiger partial charge on any atom is -0.365 e. The highest BCUT2D eigenvalue weighted by Crippen LogP contribution is 2.33. The maximum atomic E-state index is 5.90. The van der Waals surface area contributed by atoms with Crippen LogP contribution in [0.25, 0.3) is 0 Å². The monoisotopic (exact) mass is 351 g/mol. The summed E-state index contributed by atoms with van der Waals surface area (Å²) in [7, 11) is 0. The second kappa shape index (κ2) is 6.27. The van der Waals surface area contributed by atoms with E-state index >= 15 is 0 Å². The summed E-state index contributed by atoms with van der Waals surface area (Å²) in [5.74, 6) is 0. The second-order valence-corrected chi connectivity index (χ2v) is 7.61. The van der Waals surface area contributed by atoms with E-state index in [9.17, 15) is 0 Å². The molecule has 2 aliphatic heterocycles. The van der Waals surface area contributed by atoms with Gasteiger partial charge in [-0.2, -0.15) is 0 Å². The van der Waals surface area contributed by atoms with Crippen LogP contribution in [0, 0.1) is 0 Å². The summed E-state index contributed by atoms with van der Waals surface area (Å²) in [6.45, 7) is 8.04. The number of piperazine rings is 1. The molecule has 2 aliphatic rings. The highest BCUT2D eigenvalue weighted by molar-refractivity contribution is 9.10. The van der Waals surface area contributed by atoms with Gasteiger partial charge in [0.2, 0.25) is 0 Å². The summed E-state index contributed by atoms with van der Waals surface area (Å²) in [6.07, 6.45) is 3.65. The molecule has 2 heterocycles. The zero-order valence-corrected chi connectivity index (χ0v) is 14.6. The number of rotatable bonds is 3. The molecule has 3 rings (SSSR count). The van der Waals surface area contributed by atoms with Crippen molar-refractivity contribution in [3.63, 3.8) is 0 Å². The summed E-state index contributed by atoms with van der Waals surface area (Å²) in [5, 5.41) is 0. The minimum absolute atomic E-state index is 0.212. The lowest BCUT2D eigenvalue weighted by atomic mass is 10.0. The molecule has 4 heteroatoms. The first-order valence-electron chi connectivity index (χ1n) is 8.09. The van der Waals surface area contributed by atoms with Crippen LogP contribution in [0.15, 0.2) is 22.7 Å². The third kappa shape index (κ3) is 3.27. The van der Waals surface area contributed by atoms with Gasteiger partial charge < -0.3 is 10.6 Å². The highest BCUT2D eigenvalue weighted by atomic mass is 79.9. The molecule has 3 unspecified atom stereocenters. The SMILES string of the molecule is CC(N)Cc1ccc(N2CC3CCCN3CC2C)c(Br)c1. The average Bonchev–Trinajstić information content (AvgIpc) is 2.84.